The number of carbonyl (C=O) groups is 1. The summed E-state index contributed by atoms with van der Waals surface area (Å²) in [6, 6.07) is 12.4. The van der Waals surface area contributed by atoms with Gasteiger partial charge in [0, 0.05) is 16.8 Å². The van der Waals surface area contributed by atoms with E-state index in [0.717, 1.165) is 5.56 Å². The summed E-state index contributed by atoms with van der Waals surface area (Å²) in [6.07, 6.45) is 0. The topological polar surface area (TPSA) is 69.9 Å². The van der Waals surface area contributed by atoms with E-state index in [1.54, 1.807) is 24.3 Å². The maximum Gasteiger partial charge on any atom is 0.387 e. The first kappa shape index (κ1) is 21.4. The number of hydrogen-bond donors (Lipinski definition) is 1. The van der Waals surface area contributed by atoms with Crippen LogP contribution in [0.15, 0.2) is 52.9 Å². The summed E-state index contributed by atoms with van der Waals surface area (Å²) < 4.78 is 45.4. The number of amides is 1. The Morgan fingerprint density at radius 1 is 1.10 bits per heavy atom. The fourth-order valence-electron chi connectivity index (χ4n) is 2.63. The highest BCUT2D eigenvalue weighted by atomic mass is 35.5. The van der Waals surface area contributed by atoms with Crippen LogP contribution in [0, 0.1) is 6.92 Å². The van der Waals surface area contributed by atoms with Crippen LogP contribution in [0.25, 0.3) is 0 Å². The minimum absolute atomic E-state index is 0.0555. The quantitative estimate of drug-likeness (QED) is 0.490. The lowest BCUT2D eigenvalue weighted by Crippen LogP contribution is -2.11. The van der Waals surface area contributed by atoms with Gasteiger partial charge in [-0.05, 0) is 55.0 Å². The van der Waals surface area contributed by atoms with Gasteiger partial charge in [-0.15, -0.1) is 0 Å². The normalized spacial score (nSPS) is 10.7. The third-order valence-electron chi connectivity index (χ3n) is 4.03. The molecule has 0 bridgehead atoms. The number of anilines is 1. The van der Waals surface area contributed by atoms with Crippen LogP contribution in [0.3, 0.4) is 0 Å². The molecule has 2 aromatic carbocycles. The van der Waals surface area contributed by atoms with Crippen molar-refractivity contribution < 1.29 is 32.2 Å². The van der Waals surface area contributed by atoms with Crippen LogP contribution in [0.2, 0.25) is 5.02 Å². The molecule has 1 N–H and O–H groups in total. The van der Waals surface area contributed by atoms with Crippen molar-refractivity contribution in [1.82, 2.24) is 0 Å². The zero-order chi connectivity index (χ0) is 21.7. The number of aryl methyl sites for hydroxylation is 1. The van der Waals surface area contributed by atoms with Gasteiger partial charge in [0.2, 0.25) is 0 Å². The predicted octanol–water partition coefficient (Wildman–Crippen LogP) is 5.68. The Bertz CT molecular complexity index is 1040. The number of halogens is 3. The average Bonchev–Trinajstić information content (AvgIpc) is 3.17. The SMILES string of the molecule is COc1cc(NC(=O)c2ccc(COc3ccc(Cl)cc3C)o2)ccc1OC(F)F. The van der Waals surface area contributed by atoms with Crippen molar-refractivity contribution in [2.24, 2.45) is 0 Å². The van der Waals surface area contributed by atoms with E-state index in [-0.39, 0.29) is 23.9 Å². The van der Waals surface area contributed by atoms with Crippen LogP contribution in [0.5, 0.6) is 17.2 Å². The van der Waals surface area contributed by atoms with Crippen molar-refractivity contribution in [2.45, 2.75) is 20.1 Å². The Hall–Kier alpha value is -3.26. The zero-order valence-corrected chi connectivity index (χ0v) is 16.8. The molecule has 0 unspecified atom stereocenters. The molecule has 30 heavy (non-hydrogen) atoms. The molecular weight excluding hydrogens is 420 g/mol. The fraction of sp³-hybridized carbons (Fsp3) is 0.190. The predicted molar refractivity (Wildman–Crippen MR) is 107 cm³/mol. The van der Waals surface area contributed by atoms with E-state index in [9.17, 15) is 13.6 Å². The number of nitrogens with one attached hydrogen (secondary N) is 1. The highest BCUT2D eigenvalue weighted by Crippen LogP contribution is 2.31. The molecule has 0 aliphatic heterocycles. The van der Waals surface area contributed by atoms with Gasteiger partial charge in [0.1, 0.15) is 18.1 Å². The molecule has 1 heterocycles. The third-order valence-corrected chi connectivity index (χ3v) is 4.27. The molecule has 0 spiro atoms. The number of alkyl halides is 2. The second kappa shape index (κ2) is 9.49. The number of methoxy groups -OCH3 is 1. The molecular formula is C21H18ClF2NO5. The largest absolute Gasteiger partial charge is 0.493 e. The Kier molecular flexibility index (Phi) is 6.79. The van der Waals surface area contributed by atoms with Gasteiger partial charge >= 0.3 is 6.61 Å². The lowest BCUT2D eigenvalue weighted by atomic mass is 10.2. The van der Waals surface area contributed by atoms with E-state index >= 15 is 0 Å². The molecule has 0 radical (unpaired) electrons. The van der Waals surface area contributed by atoms with Crippen molar-refractivity contribution in [1.29, 1.82) is 0 Å². The molecule has 0 aliphatic carbocycles. The van der Waals surface area contributed by atoms with Crippen LogP contribution in [0.1, 0.15) is 21.9 Å². The van der Waals surface area contributed by atoms with Crippen LogP contribution >= 0.6 is 11.6 Å². The molecule has 0 atom stereocenters. The molecule has 0 fully saturated rings. The molecule has 3 rings (SSSR count). The average molecular weight is 438 g/mol. The lowest BCUT2D eigenvalue weighted by molar-refractivity contribution is -0.0512. The molecule has 6 nitrogen and oxygen atoms in total. The molecule has 0 saturated heterocycles. The fourth-order valence-corrected chi connectivity index (χ4v) is 2.86. The Morgan fingerprint density at radius 3 is 2.57 bits per heavy atom. The zero-order valence-electron chi connectivity index (χ0n) is 16.1. The lowest BCUT2D eigenvalue weighted by Gasteiger charge is -2.11. The number of benzene rings is 2. The third kappa shape index (κ3) is 5.42. The molecule has 0 saturated carbocycles. The Labute approximate surface area is 176 Å². The number of hydrogen-bond acceptors (Lipinski definition) is 5. The number of furan rings is 1. The van der Waals surface area contributed by atoms with Gasteiger partial charge in [-0.3, -0.25) is 4.79 Å². The van der Waals surface area contributed by atoms with E-state index in [2.05, 4.69) is 10.1 Å². The second-order valence-corrected chi connectivity index (χ2v) is 6.60. The van der Waals surface area contributed by atoms with E-state index < -0.39 is 12.5 Å². The highest BCUT2D eigenvalue weighted by molar-refractivity contribution is 6.30. The first-order chi connectivity index (χ1) is 14.4. The molecule has 0 aliphatic rings. The summed E-state index contributed by atoms with van der Waals surface area (Å²) in [5.41, 5.74) is 1.20. The van der Waals surface area contributed by atoms with E-state index in [0.29, 0.717) is 22.2 Å². The summed E-state index contributed by atoms with van der Waals surface area (Å²) in [5, 5.41) is 3.22. The highest BCUT2D eigenvalue weighted by Gasteiger charge is 2.15. The number of rotatable bonds is 8. The Morgan fingerprint density at radius 2 is 1.87 bits per heavy atom. The maximum atomic E-state index is 12.4. The van der Waals surface area contributed by atoms with E-state index in [1.807, 2.05) is 6.92 Å². The van der Waals surface area contributed by atoms with Crippen LogP contribution in [-0.2, 0) is 6.61 Å². The van der Waals surface area contributed by atoms with Gasteiger partial charge in [0.25, 0.3) is 5.91 Å². The van der Waals surface area contributed by atoms with Gasteiger partial charge in [-0.25, -0.2) is 0 Å². The van der Waals surface area contributed by atoms with Crippen LogP contribution in [0.4, 0.5) is 14.5 Å². The maximum absolute atomic E-state index is 12.4. The smallest absolute Gasteiger partial charge is 0.387 e. The second-order valence-electron chi connectivity index (χ2n) is 6.16. The molecule has 158 valence electrons. The van der Waals surface area contributed by atoms with Crippen molar-refractivity contribution in [3.05, 3.63) is 70.6 Å². The summed E-state index contributed by atoms with van der Waals surface area (Å²) >= 11 is 5.92. The Balaban J connectivity index is 1.63. The number of carbonyl (C=O) groups excluding carboxylic acids is 1. The van der Waals surface area contributed by atoms with Gasteiger partial charge in [-0.2, -0.15) is 8.78 Å². The molecule has 3 aromatic rings. The summed E-state index contributed by atoms with van der Waals surface area (Å²) in [7, 11) is 1.31. The van der Waals surface area contributed by atoms with Gasteiger partial charge in [-0.1, -0.05) is 11.6 Å². The van der Waals surface area contributed by atoms with Crippen molar-refractivity contribution in [3.8, 4) is 17.2 Å². The van der Waals surface area contributed by atoms with Crippen molar-refractivity contribution in [3.63, 3.8) is 0 Å². The first-order valence-corrected chi connectivity index (χ1v) is 9.15. The molecule has 9 heteroatoms. The van der Waals surface area contributed by atoms with E-state index in [1.165, 1.54) is 31.4 Å². The van der Waals surface area contributed by atoms with Crippen LogP contribution < -0.4 is 19.5 Å². The monoisotopic (exact) mass is 437 g/mol. The van der Waals surface area contributed by atoms with E-state index in [4.69, 9.17) is 25.5 Å². The number of ether oxygens (including phenoxy) is 3. The van der Waals surface area contributed by atoms with Crippen LogP contribution in [-0.4, -0.2) is 19.6 Å². The molecule has 1 aromatic heterocycles. The summed E-state index contributed by atoms with van der Waals surface area (Å²) in [5.74, 6) is 0.565. The van der Waals surface area contributed by atoms with Crippen molar-refractivity contribution >= 4 is 23.2 Å². The minimum atomic E-state index is -2.99. The first-order valence-electron chi connectivity index (χ1n) is 8.77. The van der Waals surface area contributed by atoms with Gasteiger partial charge in [0.05, 0.1) is 7.11 Å². The van der Waals surface area contributed by atoms with Gasteiger partial charge < -0.3 is 23.9 Å². The summed E-state index contributed by atoms with van der Waals surface area (Å²) in [6.45, 7) is -0.989. The molecule has 1 amide bonds. The van der Waals surface area contributed by atoms with Gasteiger partial charge in [0.15, 0.2) is 17.3 Å². The summed E-state index contributed by atoms with van der Waals surface area (Å²) in [4.78, 5) is 12.4. The van der Waals surface area contributed by atoms with Crippen molar-refractivity contribution in [2.75, 3.05) is 12.4 Å². The minimum Gasteiger partial charge on any atom is -0.493 e. The standard InChI is InChI=1S/C21H18ClF2NO5/c1-12-9-13(22)3-6-16(12)28-11-15-5-8-18(29-15)20(26)25-14-4-7-17(30-21(23)24)19(10-14)27-2/h3-10,21H,11H2,1-2H3,(H,25,26).